The lowest BCUT2D eigenvalue weighted by Gasteiger charge is -2.37. The number of fused-ring (bicyclic) bond motifs is 1. The monoisotopic (exact) mass is 347 g/mol. The number of carbonyl (C=O) groups excluding carboxylic acids is 1. The zero-order chi connectivity index (χ0) is 18.1. The zero-order valence-electron chi connectivity index (χ0n) is 14.7. The molecule has 26 heavy (non-hydrogen) atoms. The number of nitrogens with zero attached hydrogens (tertiary/aromatic N) is 4. The zero-order valence-corrected chi connectivity index (χ0v) is 14.7. The van der Waals surface area contributed by atoms with Crippen molar-refractivity contribution >= 4 is 28.3 Å². The third kappa shape index (κ3) is 2.94. The lowest BCUT2D eigenvalue weighted by atomic mass is 10.1. The summed E-state index contributed by atoms with van der Waals surface area (Å²) in [5.41, 5.74) is 9.22. The third-order valence-electron chi connectivity index (χ3n) is 4.79. The van der Waals surface area contributed by atoms with Crippen molar-refractivity contribution in [3.8, 4) is 0 Å². The molecular formula is C20H21N5O. The smallest absolute Gasteiger partial charge is 0.252 e. The molecule has 3 aromatic rings. The molecule has 0 radical (unpaired) electrons. The Balaban J connectivity index is 1.59. The van der Waals surface area contributed by atoms with Crippen molar-refractivity contribution in [1.29, 1.82) is 0 Å². The van der Waals surface area contributed by atoms with Gasteiger partial charge in [-0.15, -0.1) is 0 Å². The van der Waals surface area contributed by atoms with Crippen molar-refractivity contribution in [3.63, 3.8) is 0 Å². The highest BCUT2D eigenvalue weighted by Crippen LogP contribution is 2.28. The maximum atomic E-state index is 11.7. The summed E-state index contributed by atoms with van der Waals surface area (Å²) in [5.74, 6) is 0.238. The molecule has 1 aliphatic rings. The fraction of sp³-hybridized carbons (Fsp3) is 0.250. The van der Waals surface area contributed by atoms with Crippen LogP contribution in [0.15, 0.2) is 48.7 Å². The van der Waals surface area contributed by atoms with Gasteiger partial charge in [0.05, 0.1) is 11.1 Å². The molecule has 6 heteroatoms. The largest absolute Gasteiger partial charge is 0.367 e. The SMILES string of the molecule is Cc1cc(N2CCN(c3ncccc3C(N)=O)CC2)c2ccccc2n1. The van der Waals surface area contributed by atoms with Crippen LogP contribution in [0.5, 0.6) is 0 Å². The van der Waals surface area contributed by atoms with E-state index in [0.29, 0.717) is 11.4 Å². The average Bonchev–Trinajstić information content (AvgIpc) is 2.67. The summed E-state index contributed by atoms with van der Waals surface area (Å²) >= 11 is 0. The molecule has 0 unspecified atom stereocenters. The molecule has 4 rings (SSSR count). The summed E-state index contributed by atoms with van der Waals surface area (Å²) in [6.07, 6.45) is 1.70. The number of benzene rings is 1. The molecule has 6 nitrogen and oxygen atoms in total. The Bertz CT molecular complexity index is 963. The molecule has 3 heterocycles. The molecular weight excluding hydrogens is 326 g/mol. The van der Waals surface area contributed by atoms with Crippen molar-refractivity contribution in [2.24, 2.45) is 5.73 Å². The minimum Gasteiger partial charge on any atom is -0.367 e. The number of hydrogen-bond donors (Lipinski definition) is 1. The van der Waals surface area contributed by atoms with Gasteiger partial charge in [0, 0.05) is 49.1 Å². The van der Waals surface area contributed by atoms with E-state index in [2.05, 4.69) is 38.0 Å². The van der Waals surface area contributed by atoms with Crippen LogP contribution < -0.4 is 15.5 Å². The Labute approximate surface area is 152 Å². The first kappa shape index (κ1) is 16.3. The molecule has 1 aliphatic heterocycles. The van der Waals surface area contributed by atoms with E-state index in [-0.39, 0.29) is 0 Å². The second-order valence-corrected chi connectivity index (χ2v) is 6.51. The Morgan fingerprint density at radius 2 is 1.77 bits per heavy atom. The van der Waals surface area contributed by atoms with Crippen molar-refractivity contribution in [2.75, 3.05) is 36.0 Å². The molecule has 0 bridgehead atoms. The second-order valence-electron chi connectivity index (χ2n) is 6.51. The van der Waals surface area contributed by atoms with Crippen LogP contribution in [-0.2, 0) is 0 Å². The van der Waals surface area contributed by atoms with E-state index in [1.807, 2.05) is 19.1 Å². The van der Waals surface area contributed by atoms with Crippen molar-refractivity contribution in [3.05, 3.63) is 59.9 Å². The number of carbonyl (C=O) groups is 1. The van der Waals surface area contributed by atoms with Crippen LogP contribution in [0.3, 0.4) is 0 Å². The Morgan fingerprint density at radius 1 is 1.04 bits per heavy atom. The number of nitrogens with two attached hydrogens (primary N) is 1. The number of para-hydroxylation sites is 1. The number of anilines is 2. The van der Waals surface area contributed by atoms with E-state index in [1.165, 1.54) is 11.1 Å². The van der Waals surface area contributed by atoms with Crippen LogP contribution in [0.2, 0.25) is 0 Å². The second kappa shape index (κ2) is 6.63. The topological polar surface area (TPSA) is 75.3 Å². The molecule has 132 valence electrons. The molecule has 2 aromatic heterocycles. The lowest BCUT2D eigenvalue weighted by Crippen LogP contribution is -2.47. The van der Waals surface area contributed by atoms with Crippen molar-refractivity contribution in [2.45, 2.75) is 6.92 Å². The number of rotatable bonds is 3. The third-order valence-corrected chi connectivity index (χ3v) is 4.79. The minimum atomic E-state index is -0.439. The van der Waals surface area contributed by atoms with Gasteiger partial charge in [-0.05, 0) is 31.2 Å². The lowest BCUT2D eigenvalue weighted by molar-refractivity contribution is 0.100. The first-order valence-corrected chi connectivity index (χ1v) is 8.74. The Hall–Kier alpha value is -3.15. The molecule has 2 N–H and O–H groups in total. The molecule has 0 spiro atoms. The number of primary amides is 1. The average molecular weight is 347 g/mol. The minimum absolute atomic E-state index is 0.439. The fourth-order valence-corrected chi connectivity index (χ4v) is 3.55. The van der Waals surface area contributed by atoms with Crippen LogP contribution in [0.25, 0.3) is 10.9 Å². The first-order chi connectivity index (χ1) is 12.6. The Kier molecular flexibility index (Phi) is 4.16. The summed E-state index contributed by atoms with van der Waals surface area (Å²) in [6, 6.07) is 13.9. The van der Waals surface area contributed by atoms with Crippen LogP contribution in [-0.4, -0.2) is 42.1 Å². The van der Waals surface area contributed by atoms with Gasteiger partial charge >= 0.3 is 0 Å². The van der Waals surface area contributed by atoms with Crippen LogP contribution in [0, 0.1) is 6.92 Å². The van der Waals surface area contributed by atoms with Gasteiger partial charge in [0.15, 0.2) is 0 Å². The highest BCUT2D eigenvalue weighted by Gasteiger charge is 2.23. The number of pyridine rings is 2. The molecule has 1 amide bonds. The van der Waals surface area contributed by atoms with Gasteiger partial charge in [-0.25, -0.2) is 4.98 Å². The quantitative estimate of drug-likeness (QED) is 0.787. The van der Waals surface area contributed by atoms with Gasteiger partial charge in [0.25, 0.3) is 5.91 Å². The van der Waals surface area contributed by atoms with E-state index in [9.17, 15) is 4.79 Å². The normalized spacial score (nSPS) is 14.7. The van der Waals surface area contributed by atoms with Gasteiger partial charge in [-0.2, -0.15) is 0 Å². The van der Waals surface area contributed by atoms with Gasteiger partial charge in [0.2, 0.25) is 0 Å². The maximum Gasteiger partial charge on any atom is 0.252 e. The van der Waals surface area contributed by atoms with Gasteiger partial charge in [-0.1, -0.05) is 18.2 Å². The van der Waals surface area contributed by atoms with E-state index in [1.54, 1.807) is 18.3 Å². The molecule has 0 aliphatic carbocycles. The van der Waals surface area contributed by atoms with E-state index in [0.717, 1.165) is 37.4 Å². The van der Waals surface area contributed by atoms with Crippen LogP contribution in [0.1, 0.15) is 16.1 Å². The number of aryl methyl sites for hydroxylation is 1. The summed E-state index contributed by atoms with van der Waals surface area (Å²) in [5, 5.41) is 1.17. The number of amides is 1. The standard InChI is InChI=1S/C20H21N5O/c1-14-13-18(15-5-2-3-7-17(15)23-14)24-9-11-25(12-10-24)20-16(19(21)26)6-4-8-22-20/h2-8,13H,9-12H2,1H3,(H2,21,26). The summed E-state index contributed by atoms with van der Waals surface area (Å²) in [6.45, 7) is 5.30. The molecule has 1 aromatic carbocycles. The number of piperazine rings is 1. The molecule has 0 saturated carbocycles. The fourth-order valence-electron chi connectivity index (χ4n) is 3.55. The highest BCUT2D eigenvalue weighted by atomic mass is 16.1. The first-order valence-electron chi connectivity index (χ1n) is 8.74. The van der Waals surface area contributed by atoms with Crippen LogP contribution in [0.4, 0.5) is 11.5 Å². The molecule has 0 atom stereocenters. The van der Waals surface area contributed by atoms with Crippen molar-refractivity contribution < 1.29 is 4.79 Å². The molecule has 1 saturated heterocycles. The van der Waals surface area contributed by atoms with E-state index >= 15 is 0 Å². The number of aromatic nitrogens is 2. The number of hydrogen-bond acceptors (Lipinski definition) is 5. The van der Waals surface area contributed by atoms with Crippen molar-refractivity contribution in [1.82, 2.24) is 9.97 Å². The van der Waals surface area contributed by atoms with Gasteiger partial charge < -0.3 is 15.5 Å². The Morgan fingerprint density at radius 3 is 2.54 bits per heavy atom. The summed E-state index contributed by atoms with van der Waals surface area (Å²) in [4.78, 5) is 25.2. The summed E-state index contributed by atoms with van der Waals surface area (Å²) in [7, 11) is 0. The predicted octanol–water partition coefficient (Wildman–Crippen LogP) is 2.36. The van der Waals surface area contributed by atoms with Crippen LogP contribution >= 0.6 is 0 Å². The maximum absolute atomic E-state index is 11.7. The molecule has 1 fully saturated rings. The highest BCUT2D eigenvalue weighted by molar-refractivity contribution is 5.97. The van der Waals surface area contributed by atoms with Gasteiger partial charge in [0.1, 0.15) is 5.82 Å². The summed E-state index contributed by atoms with van der Waals surface area (Å²) < 4.78 is 0. The van der Waals surface area contributed by atoms with Gasteiger partial charge in [-0.3, -0.25) is 9.78 Å². The van der Waals surface area contributed by atoms with E-state index < -0.39 is 5.91 Å². The predicted molar refractivity (Wildman–Crippen MR) is 104 cm³/mol. The van der Waals surface area contributed by atoms with E-state index in [4.69, 9.17) is 5.73 Å².